The van der Waals surface area contributed by atoms with Gasteiger partial charge >= 0.3 is 11.9 Å². The van der Waals surface area contributed by atoms with Gasteiger partial charge in [-0.05, 0) is 18.6 Å². The fraction of sp³-hybridized carbons (Fsp3) is 0.385. The van der Waals surface area contributed by atoms with Gasteiger partial charge in [-0.1, -0.05) is 18.2 Å². The van der Waals surface area contributed by atoms with Crippen LogP contribution in [0.1, 0.15) is 18.4 Å². The minimum atomic E-state index is -0.885. The summed E-state index contributed by atoms with van der Waals surface area (Å²) in [5, 5.41) is 17.4. The summed E-state index contributed by atoms with van der Waals surface area (Å²) in [6.07, 6.45) is -0.0120. The van der Waals surface area contributed by atoms with Crippen molar-refractivity contribution in [3.63, 3.8) is 0 Å². The summed E-state index contributed by atoms with van der Waals surface area (Å²) >= 11 is 0. The molecule has 5 heteroatoms. The van der Waals surface area contributed by atoms with Crippen LogP contribution in [0, 0.1) is 6.92 Å². The van der Waals surface area contributed by atoms with Gasteiger partial charge in [0.1, 0.15) is 0 Å². The molecule has 0 aliphatic heterocycles. The van der Waals surface area contributed by atoms with Gasteiger partial charge in [0, 0.05) is 18.8 Å². The number of anilines is 1. The Morgan fingerprint density at radius 1 is 1.06 bits per heavy atom. The quantitative estimate of drug-likeness (QED) is 0.772. The molecule has 0 spiro atoms. The Morgan fingerprint density at radius 2 is 1.56 bits per heavy atom. The average molecular weight is 251 g/mol. The lowest BCUT2D eigenvalue weighted by Crippen LogP contribution is -2.29. The summed E-state index contributed by atoms with van der Waals surface area (Å²) in [5.74, 6) is -1.77. The maximum atomic E-state index is 10.6. The fourth-order valence-electron chi connectivity index (χ4n) is 1.73. The van der Waals surface area contributed by atoms with Crippen LogP contribution in [0.25, 0.3) is 0 Å². The number of hydrogen-bond acceptors (Lipinski definition) is 3. The van der Waals surface area contributed by atoms with Crippen LogP contribution in [0.4, 0.5) is 5.69 Å². The second-order valence-corrected chi connectivity index (χ2v) is 4.06. The molecule has 18 heavy (non-hydrogen) atoms. The standard InChI is InChI=1S/C13H17NO4/c1-10-4-2-3-5-11(10)14(8-6-12(15)16)9-7-13(17)18/h2-5H,6-9H2,1H3,(H,15,16)(H,17,18). The molecular formula is C13H17NO4. The van der Waals surface area contributed by atoms with Crippen LogP contribution in [0.3, 0.4) is 0 Å². The minimum Gasteiger partial charge on any atom is -0.481 e. The second-order valence-electron chi connectivity index (χ2n) is 4.06. The largest absolute Gasteiger partial charge is 0.481 e. The van der Waals surface area contributed by atoms with Gasteiger partial charge in [0.15, 0.2) is 0 Å². The first-order chi connectivity index (χ1) is 8.50. The van der Waals surface area contributed by atoms with E-state index in [9.17, 15) is 9.59 Å². The van der Waals surface area contributed by atoms with Crippen molar-refractivity contribution in [3.05, 3.63) is 29.8 Å². The number of benzene rings is 1. The molecule has 5 nitrogen and oxygen atoms in total. The van der Waals surface area contributed by atoms with Crippen LogP contribution in [-0.4, -0.2) is 35.2 Å². The molecule has 0 radical (unpaired) electrons. The van der Waals surface area contributed by atoms with Crippen LogP contribution < -0.4 is 4.90 Å². The predicted octanol–water partition coefficient (Wildman–Crippen LogP) is 1.75. The maximum Gasteiger partial charge on any atom is 0.305 e. The summed E-state index contributed by atoms with van der Waals surface area (Å²) in [6, 6.07) is 7.55. The molecule has 0 fully saturated rings. The lowest BCUT2D eigenvalue weighted by atomic mass is 10.1. The molecule has 1 aromatic rings. The van der Waals surface area contributed by atoms with E-state index in [-0.39, 0.29) is 12.8 Å². The molecule has 0 aliphatic rings. The lowest BCUT2D eigenvalue weighted by molar-refractivity contribution is -0.137. The highest BCUT2D eigenvalue weighted by Gasteiger charge is 2.12. The molecular weight excluding hydrogens is 234 g/mol. The monoisotopic (exact) mass is 251 g/mol. The topological polar surface area (TPSA) is 77.8 Å². The first-order valence-electron chi connectivity index (χ1n) is 5.75. The van der Waals surface area contributed by atoms with Crippen molar-refractivity contribution in [2.75, 3.05) is 18.0 Å². The van der Waals surface area contributed by atoms with Crippen molar-refractivity contribution in [1.29, 1.82) is 0 Å². The Morgan fingerprint density at radius 3 is 2.00 bits per heavy atom. The minimum absolute atomic E-state index is 0.00600. The molecule has 1 aromatic carbocycles. The Kier molecular flexibility index (Phi) is 5.17. The van der Waals surface area contributed by atoms with Crippen molar-refractivity contribution in [1.82, 2.24) is 0 Å². The Hall–Kier alpha value is -2.04. The third-order valence-corrected chi connectivity index (χ3v) is 2.65. The van der Waals surface area contributed by atoms with Gasteiger partial charge in [-0.15, -0.1) is 0 Å². The van der Waals surface area contributed by atoms with E-state index in [1.165, 1.54) is 0 Å². The number of carbonyl (C=O) groups is 2. The van der Waals surface area contributed by atoms with E-state index >= 15 is 0 Å². The number of carboxylic acids is 2. The number of carboxylic acid groups (broad SMARTS) is 2. The van der Waals surface area contributed by atoms with Crippen LogP contribution in [0.2, 0.25) is 0 Å². The highest BCUT2D eigenvalue weighted by molar-refractivity contribution is 5.69. The van der Waals surface area contributed by atoms with Gasteiger partial charge < -0.3 is 15.1 Å². The number of hydrogen-bond donors (Lipinski definition) is 2. The highest BCUT2D eigenvalue weighted by atomic mass is 16.4. The molecule has 0 amide bonds. The third kappa shape index (κ3) is 4.45. The third-order valence-electron chi connectivity index (χ3n) is 2.65. The van der Waals surface area contributed by atoms with Gasteiger partial charge in [0.05, 0.1) is 12.8 Å². The second kappa shape index (κ2) is 6.64. The fourth-order valence-corrected chi connectivity index (χ4v) is 1.73. The van der Waals surface area contributed by atoms with E-state index in [0.29, 0.717) is 13.1 Å². The number of aliphatic carboxylic acids is 2. The molecule has 0 bridgehead atoms. The van der Waals surface area contributed by atoms with Gasteiger partial charge in [-0.25, -0.2) is 0 Å². The van der Waals surface area contributed by atoms with Crippen LogP contribution >= 0.6 is 0 Å². The Bertz CT molecular complexity index is 413. The first kappa shape index (κ1) is 14.0. The zero-order valence-electron chi connectivity index (χ0n) is 10.3. The van der Waals surface area contributed by atoms with E-state index < -0.39 is 11.9 Å². The molecule has 0 aromatic heterocycles. The number of para-hydroxylation sites is 1. The summed E-state index contributed by atoms with van der Waals surface area (Å²) < 4.78 is 0. The summed E-state index contributed by atoms with van der Waals surface area (Å²) in [5.41, 5.74) is 1.90. The number of nitrogens with zero attached hydrogens (tertiary/aromatic N) is 1. The van der Waals surface area contributed by atoms with Gasteiger partial charge in [-0.3, -0.25) is 9.59 Å². The van der Waals surface area contributed by atoms with Gasteiger partial charge in [0.2, 0.25) is 0 Å². The summed E-state index contributed by atoms with van der Waals surface area (Å²) in [7, 11) is 0. The molecule has 0 atom stereocenters. The molecule has 0 saturated heterocycles. The van der Waals surface area contributed by atoms with Crippen LogP contribution in [0.15, 0.2) is 24.3 Å². The van der Waals surface area contributed by atoms with Crippen molar-refractivity contribution in [2.24, 2.45) is 0 Å². The zero-order valence-corrected chi connectivity index (χ0v) is 10.3. The van der Waals surface area contributed by atoms with Gasteiger partial charge in [0.25, 0.3) is 0 Å². The molecule has 0 heterocycles. The Balaban J connectivity index is 2.79. The smallest absolute Gasteiger partial charge is 0.305 e. The normalized spacial score (nSPS) is 10.1. The van der Waals surface area contributed by atoms with Crippen LogP contribution in [0.5, 0.6) is 0 Å². The maximum absolute atomic E-state index is 10.6. The van der Waals surface area contributed by atoms with E-state index in [1.54, 1.807) is 4.90 Å². The molecule has 0 aliphatic carbocycles. The van der Waals surface area contributed by atoms with E-state index in [2.05, 4.69) is 0 Å². The van der Waals surface area contributed by atoms with E-state index in [4.69, 9.17) is 10.2 Å². The summed E-state index contributed by atoms with van der Waals surface area (Å²) in [4.78, 5) is 23.0. The van der Waals surface area contributed by atoms with Gasteiger partial charge in [-0.2, -0.15) is 0 Å². The van der Waals surface area contributed by atoms with Crippen molar-refractivity contribution < 1.29 is 19.8 Å². The van der Waals surface area contributed by atoms with Crippen molar-refractivity contribution in [2.45, 2.75) is 19.8 Å². The predicted molar refractivity (Wildman–Crippen MR) is 67.9 cm³/mol. The number of rotatable bonds is 7. The van der Waals surface area contributed by atoms with Crippen LogP contribution in [-0.2, 0) is 9.59 Å². The molecule has 98 valence electrons. The van der Waals surface area contributed by atoms with Crippen molar-refractivity contribution in [3.8, 4) is 0 Å². The number of aryl methyl sites for hydroxylation is 1. The molecule has 0 saturated carbocycles. The Labute approximate surface area is 106 Å². The summed E-state index contributed by atoms with van der Waals surface area (Å²) in [6.45, 7) is 2.55. The lowest BCUT2D eigenvalue weighted by Gasteiger charge is -2.25. The zero-order chi connectivity index (χ0) is 13.5. The van der Waals surface area contributed by atoms with Crippen molar-refractivity contribution >= 4 is 17.6 Å². The molecule has 1 rings (SSSR count). The average Bonchev–Trinajstić information content (AvgIpc) is 2.30. The SMILES string of the molecule is Cc1ccccc1N(CCC(=O)O)CCC(=O)O. The first-order valence-corrected chi connectivity index (χ1v) is 5.75. The van der Waals surface area contributed by atoms with E-state index in [0.717, 1.165) is 11.3 Å². The van der Waals surface area contributed by atoms with E-state index in [1.807, 2.05) is 31.2 Å². The highest BCUT2D eigenvalue weighted by Crippen LogP contribution is 2.19. The molecule has 0 unspecified atom stereocenters. The molecule has 2 N–H and O–H groups in total.